The largest absolute Gasteiger partial charge is 0.493 e. The van der Waals surface area contributed by atoms with Gasteiger partial charge in [0.2, 0.25) is 5.91 Å². The van der Waals surface area contributed by atoms with E-state index in [1.807, 2.05) is 36.2 Å². The lowest BCUT2D eigenvalue weighted by Gasteiger charge is -2.28. The zero-order valence-corrected chi connectivity index (χ0v) is 13.6. The average Bonchev–Trinajstić information content (AvgIpc) is 2.50. The molecule has 1 aromatic rings. The molecule has 1 aromatic carbocycles. The minimum absolute atomic E-state index is 0.0406. The quantitative estimate of drug-likeness (QED) is 0.585. The van der Waals surface area contributed by atoms with Crippen LogP contribution in [0, 0.1) is 0 Å². The number of nitrogens with zero attached hydrogens (tertiary/aromatic N) is 1. The first kappa shape index (κ1) is 15.4. The lowest BCUT2D eigenvalue weighted by atomic mass is 9.92. The van der Waals surface area contributed by atoms with E-state index in [1.54, 1.807) is 0 Å². The highest BCUT2D eigenvalue weighted by atomic mass is 79.9. The fraction of sp³-hybridized carbons (Fsp3) is 0.562. The molecule has 1 aliphatic rings. The van der Waals surface area contributed by atoms with E-state index >= 15 is 0 Å². The van der Waals surface area contributed by atoms with E-state index in [4.69, 9.17) is 4.74 Å². The highest BCUT2D eigenvalue weighted by Crippen LogP contribution is 2.34. The van der Waals surface area contributed by atoms with Gasteiger partial charge >= 0.3 is 0 Å². The summed E-state index contributed by atoms with van der Waals surface area (Å²) in [5, 5.41) is 1.04. The lowest BCUT2D eigenvalue weighted by Crippen LogP contribution is -2.34. The summed E-state index contributed by atoms with van der Waals surface area (Å²) in [4.78, 5) is 14.5. The van der Waals surface area contributed by atoms with Crippen molar-refractivity contribution < 1.29 is 9.53 Å². The predicted molar refractivity (Wildman–Crippen MR) is 84.6 cm³/mol. The molecule has 0 bridgehead atoms. The van der Waals surface area contributed by atoms with Crippen LogP contribution in [0.15, 0.2) is 24.3 Å². The van der Waals surface area contributed by atoms with Gasteiger partial charge in [0.05, 0.1) is 12.5 Å². The van der Waals surface area contributed by atoms with E-state index in [-0.39, 0.29) is 11.8 Å². The van der Waals surface area contributed by atoms with Crippen LogP contribution in [0.4, 0.5) is 0 Å². The summed E-state index contributed by atoms with van der Waals surface area (Å²) >= 11 is 3.43. The van der Waals surface area contributed by atoms with E-state index in [9.17, 15) is 4.79 Å². The number of hydrogen-bond donors (Lipinski definition) is 0. The monoisotopic (exact) mass is 339 g/mol. The number of ether oxygens (including phenoxy) is 1. The number of amides is 1. The maximum Gasteiger partial charge on any atom is 0.230 e. The third-order valence-electron chi connectivity index (χ3n) is 3.76. The smallest absolute Gasteiger partial charge is 0.230 e. The van der Waals surface area contributed by atoms with Crippen molar-refractivity contribution in [3.05, 3.63) is 29.8 Å². The second-order valence-corrected chi connectivity index (χ2v) is 6.03. The van der Waals surface area contributed by atoms with Gasteiger partial charge < -0.3 is 9.64 Å². The van der Waals surface area contributed by atoms with Gasteiger partial charge in [0.25, 0.3) is 0 Å². The fourth-order valence-corrected chi connectivity index (χ4v) is 2.99. The van der Waals surface area contributed by atoms with Crippen LogP contribution in [0.25, 0.3) is 0 Å². The molecule has 4 heteroatoms. The zero-order chi connectivity index (χ0) is 14.4. The molecular weight excluding hydrogens is 318 g/mol. The molecule has 0 radical (unpaired) electrons. The highest BCUT2D eigenvalue weighted by Gasteiger charge is 2.29. The Balaban J connectivity index is 1.96. The van der Waals surface area contributed by atoms with E-state index < -0.39 is 0 Å². The topological polar surface area (TPSA) is 29.5 Å². The van der Waals surface area contributed by atoms with Crippen molar-refractivity contribution in [3.8, 4) is 5.75 Å². The Morgan fingerprint density at radius 3 is 2.95 bits per heavy atom. The Labute approximate surface area is 129 Å². The molecule has 1 atom stereocenters. The van der Waals surface area contributed by atoms with Crippen molar-refractivity contribution in [2.45, 2.75) is 31.6 Å². The van der Waals surface area contributed by atoms with Crippen molar-refractivity contribution in [1.29, 1.82) is 0 Å². The lowest BCUT2D eigenvalue weighted by molar-refractivity contribution is -0.132. The molecule has 0 aromatic heterocycles. The number of fused-ring (bicyclic) bond motifs is 1. The summed E-state index contributed by atoms with van der Waals surface area (Å²) in [6.07, 6.45) is 4.18. The molecule has 1 amide bonds. The third-order valence-corrected chi connectivity index (χ3v) is 4.32. The first-order valence-corrected chi connectivity index (χ1v) is 8.39. The minimum atomic E-state index is -0.0406. The average molecular weight is 340 g/mol. The Morgan fingerprint density at radius 1 is 1.35 bits per heavy atom. The van der Waals surface area contributed by atoms with Crippen LogP contribution in [-0.2, 0) is 4.79 Å². The summed E-state index contributed by atoms with van der Waals surface area (Å²) in [6, 6.07) is 7.89. The SMILES string of the molecule is CN(CCCCCBr)C(=O)C1CCOc2ccccc21. The molecule has 1 aliphatic heterocycles. The Hall–Kier alpha value is -1.03. The van der Waals surface area contributed by atoms with Crippen molar-refractivity contribution in [1.82, 2.24) is 4.90 Å². The van der Waals surface area contributed by atoms with Gasteiger partial charge in [-0.15, -0.1) is 0 Å². The minimum Gasteiger partial charge on any atom is -0.493 e. The van der Waals surface area contributed by atoms with Gasteiger partial charge in [0, 0.05) is 24.5 Å². The summed E-state index contributed by atoms with van der Waals surface area (Å²) in [6.45, 7) is 1.47. The highest BCUT2D eigenvalue weighted by molar-refractivity contribution is 9.09. The first-order valence-electron chi connectivity index (χ1n) is 7.26. The molecule has 20 heavy (non-hydrogen) atoms. The van der Waals surface area contributed by atoms with Crippen LogP contribution in [0.1, 0.15) is 37.2 Å². The van der Waals surface area contributed by atoms with Crippen LogP contribution in [-0.4, -0.2) is 36.3 Å². The second-order valence-electron chi connectivity index (χ2n) is 5.24. The fourth-order valence-electron chi connectivity index (χ4n) is 2.60. The summed E-state index contributed by atoms with van der Waals surface area (Å²) < 4.78 is 5.62. The first-order chi connectivity index (χ1) is 9.74. The third kappa shape index (κ3) is 3.75. The van der Waals surface area contributed by atoms with Gasteiger partial charge in [-0.3, -0.25) is 4.79 Å². The van der Waals surface area contributed by atoms with Crippen molar-refractivity contribution in [3.63, 3.8) is 0 Å². The number of para-hydroxylation sites is 1. The van der Waals surface area contributed by atoms with Gasteiger partial charge in [0.1, 0.15) is 5.75 Å². The number of halogens is 1. The molecule has 1 heterocycles. The molecule has 110 valence electrons. The molecular formula is C16H22BrNO2. The molecule has 0 saturated heterocycles. The van der Waals surface area contributed by atoms with Crippen LogP contribution in [0.3, 0.4) is 0 Å². The maximum atomic E-state index is 12.6. The van der Waals surface area contributed by atoms with E-state index in [2.05, 4.69) is 15.9 Å². The summed E-state index contributed by atoms with van der Waals surface area (Å²) in [5.41, 5.74) is 1.04. The maximum absolute atomic E-state index is 12.6. The number of carbonyl (C=O) groups is 1. The van der Waals surface area contributed by atoms with Crippen molar-refractivity contribution >= 4 is 21.8 Å². The molecule has 0 N–H and O–H groups in total. The van der Waals surface area contributed by atoms with Gasteiger partial charge in [0.15, 0.2) is 0 Å². The number of likely N-dealkylation sites (N-methyl/N-ethyl adjacent to an activating group) is 1. The molecule has 2 rings (SSSR count). The molecule has 3 nitrogen and oxygen atoms in total. The number of hydrogen-bond acceptors (Lipinski definition) is 2. The van der Waals surface area contributed by atoms with Gasteiger partial charge in [-0.2, -0.15) is 0 Å². The number of rotatable bonds is 6. The van der Waals surface area contributed by atoms with Gasteiger partial charge in [-0.25, -0.2) is 0 Å². The van der Waals surface area contributed by atoms with Crippen molar-refractivity contribution in [2.75, 3.05) is 25.5 Å². The molecule has 0 saturated carbocycles. The zero-order valence-electron chi connectivity index (χ0n) is 12.0. The number of benzene rings is 1. The second kappa shape index (κ2) is 7.67. The summed E-state index contributed by atoms with van der Waals surface area (Å²) in [7, 11) is 1.91. The van der Waals surface area contributed by atoms with Crippen LogP contribution in [0.5, 0.6) is 5.75 Å². The van der Waals surface area contributed by atoms with Gasteiger partial charge in [-0.05, 0) is 25.3 Å². The standard InChI is InChI=1S/C16H22BrNO2/c1-18(11-6-2-5-10-17)16(19)14-9-12-20-15-8-4-3-7-13(14)15/h3-4,7-8,14H,2,5-6,9-12H2,1H3. The summed E-state index contributed by atoms with van der Waals surface area (Å²) in [5.74, 6) is 1.05. The number of unbranched alkanes of at least 4 members (excludes halogenated alkanes) is 2. The predicted octanol–water partition coefficient (Wildman–Crippen LogP) is 3.58. The normalized spacial score (nSPS) is 17.2. The van der Waals surface area contributed by atoms with E-state index in [0.29, 0.717) is 6.61 Å². The molecule has 1 unspecified atom stereocenters. The Bertz CT molecular complexity index is 450. The number of carbonyl (C=O) groups excluding carboxylic acids is 1. The van der Waals surface area contributed by atoms with E-state index in [0.717, 1.165) is 42.5 Å². The molecule has 0 fully saturated rings. The van der Waals surface area contributed by atoms with Crippen LogP contribution in [0.2, 0.25) is 0 Å². The molecule has 0 spiro atoms. The number of alkyl halides is 1. The Kier molecular flexibility index (Phi) is 5.89. The van der Waals surface area contributed by atoms with Gasteiger partial charge in [-0.1, -0.05) is 40.5 Å². The van der Waals surface area contributed by atoms with Crippen LogP contribution < -0.4 is 4.74 Å². The Morgan fingerprint density at radius 2 is 2.15 bits per heavy atom. The van der Waals surface area contributed by atoms with Crippen molar-refractivity contribution in [2.24, 2.45) is 0 Å². The van der Waals surface area contributed by atoms with E-state index in [1.165, 1.54) is 6.42 Å². The molecule has 0 aliphatic carbocycles. The van der Waals surface area contributed by atoms with Crippen LogP contribution >= 0.6 is 15.9 Å².